The molecule has 0 aliphatic heterocycles. The third-order valence-corrected chi connectivity index (χ3v) is 3.30. The molecule has 0 aliphatic rings. The van der Waals surface area contributed by atoms with Crippen molar-refractivity contribution in [2.24, 2.45) is 0 Å². The van der Waals surface area contributed by atoms with Crippen LogP contribution in [0.4, 0.5) is 13.2 Å². The summed E-state index contributed by atoms with van der Waals surface area (Å²) in [6, 6.07) is 3.93. The van der Waals surface area contributed by atoms with Crippen molar-refractivity contribution in [1.29, 1.82) is 0 Å². The molecule has 146 valence electrons. The van der Waals surface area contributed by atoms with Crippen LogP contribution in [0.1, 0.15) is 36.7 Å². The smallest absolute Gasteiger partial charge is 0.416 e. The summed E-state index contributed by atoms with van der Waals surface area (Å²) in [4.78, 5) is 27.8. The quantitative estimate of drug-likeness (QED) is 0.718. The molecule has 0 aliphatic carbocycles. The average Bonchev–Trinajstić information content (AvgIpc) is 2.48. The molecule has 0 atom stereocenters. The van der Waals surface area contributed by atoms with Crippen molar-refractivity contribution in [1.82, 2.24) is 9.80 Å². The van der Waals surface area contributed by atoms with Crippen LogP contribution in [-0.2, 0) is 15.7 Å². The second-order valence-corrected chi connectivity index (χ2v) is 7.19. The first-order valence-corrected chi connectivity index (χ1v) is 8.13. The third-order valence-electron chi connectivity index (χ3n) is 3.30. The highest BCUT2D eigenvalue weighted by molar-refractivity contribution is 5.96. The lowest BCUT2D eigenvalue weighted by Gasteiger charge is -2.26. The number of alkyl halides is 3. The van der Waals surface area contributed by atoms with Gasteiger partial charge in [0.2, 0.25) is 0 Å². The van der Waals surface area contributed by atoms with Crippen molar-refractivity contribution in [2.45, 2.75) is 32.5 Å². The maximum atomic E-state index is 12.7. The summed E-state index contributed by atoms with van der Waals surface area (Å²) in [5.74, 6) is -1.09. The third kappa shape index (κ3) is 7.43. The Morgan fingerprint density at radius 2 is 1.54 bits per heavy atom. The molecule has 5 nitrogen and oxygen atoms in total. The normalized spacial score (nSPS) is 12.2. The number of rotatable bonds is 6. The Balaban J connectivity index is 2.94. The van der Waals surface area contributed by atoms with Crippen molar-refractivity contribution < 1.29 is 27.5 Å². The molecule has 0 unspecified atom stereocenters. The second-order valence-electron chi connectivity index (χ2n) is 7.19. The first-order chi connectivity index (χ1) is 11.8. The van der Waals surface area contributed by atoms with Crippen molar-refractivity contribution in [3.63, 3.8) is 0 Å². The van der Waals surface area contributed by atoms with Gasteiger partial charge in [0.15, 0.2) is 0 Å². The molecule has 1 rings (SSSR count). The van der Waals surface area contributed by atoms with Crippen LogP contribution in [0.3, 0.4) is 0 Å². The highest BCUT2D eigenvalue weighted by atomic mass is 19.4. The zero-order valence-corrected chi connectivity index (χ0v) is 15.7. The van der Waals surface area contributed by atoms with Gasteiger partial charge < -0.3 is 14.5 Å². The fourth-order valence-corrected chi connectivity index (χ4v) is 2.09. The predicted molar refractivity (Wildman–Crippen MR) is 91.7 cm³/mol. The number of benzene rings is 1. The highest BCUT2D eigenvalue weighted by Crippen LogP contribution is 2.29. The van der Waals surface area contributed by atoms with E-state index in [1.54, 1.807) is 20.8 Å². The molecule has 0 saturated heterocycles. The topological polar surface area (TPSA) is 49.9 Å². The number of amides is 1. The van der Waals surface area contributed by atoms with Gasteiger partial charge in [-0.3, -0.25) is 9.59 Å². The number of hydrogen-bond donors (Lipinski definition) is 0. The first kappa shape index (κ1) is 22.0. The number of esters is 1. The number of hydrogen-bond acceptors (Lipinski definition) is 4. The number of carbonyl (C=O) groups excluding carboxylic acids is 2. The largest absolute Gasteiger partial charge is 0.459 e. The first-order valence-electron chi connectivity index (χ1n) is 8.13. The Kier molecular flexibility index (Phi) is 7.20. The highest BCUT2D eigenvalue weighted by Gasteiger charge is 2.30. The summed E-state index contributed by atoms with van der Waals surface area (Å²) in [6.07, 6.45) is -4.47. The van der Waals surface area contributed by atoms with E-state index in [9.17, 15) is 22.8 Å². The van der Waals surface area contributed by atoms with E-state index in [4.69, 9.17) is 4.74 Å². The van der Waals surface area contributed by atoms with E-state index in [0.29, 0.717) is 6.54 Å². The molecule has 26 heavy (non-hydrogen) atoms. The maximum Gasteiger partial charge on any atom is 0.416 e. The Morgan fingerprint density at radius 1 is 1.00 bits per heavy atom. The molecule has 0 heterocycles. The Hall–Kier alpha value is -2.09. The standard InChI is InChI=1S/C18H25F3N2O3/c1-17(2,3)26-15(24)12-23(11-10-22(4)5)16(25)13-6-8-14(9-7-13)18(19,20)21/h6-9H,10-12H2,1-5H3. The number of nitrogens with zero attached hydrogens (tertiary/aromatic N) is 2. The van der Waals surface area contributed by atoms with Crippen molar-refractivity contribution in [3.8, 4) is 0 Å². The van der Waals surface area contributed by atoms with Crippen LogP contribution < -0.4 is 0 Å². The summed E-state index contributed by atoms with van der Waals surface area (Å²) < 4.78 is 43.2. The van der Waals surface area contributed by atoms with Gasteiger partial charge in [0, 0.05) is 18.7 Å². The van der Waals surface area contributed by atoms with E-state index in [-0.39, 0.29) is 18.7 Å². The van der Waals surface area contributed by atoms with Crippen molar-refractivity contribution in [2.75, 3.05) is 33.7 Å². The molecule has 0 aromatic heterocycles. The van der Waals surface area contributed by atoms with Crippen LogP contribution in [0.15, 0.2) is 24.3 Å². The van der Waals surface area contributed by atoms with Crippen LogP contribution in [0.25, 0.3) is 0 Å². The van der Waals surface area contributed by atoms with Crippen LogP contribution in [0, 0.1) is 0 Å². The molecule has 1 aromatic rings. The van der Waals surface area contributed by atoms with Gasteiger partial charge in [0.1, 0.15) is 12.1 Å². The van der Waals surface area contributed by atoms with E-state index in [2.05, 4.69) is 0 Å². The molecule has 1 aromatic carbocycles. The summed E-state index contributed by atoms with van der Waals surface area (Å²) in [6.45, 7) is 5.61. The van der Waals surface area contributed by atoms with Crippen molar-refractivity contribution in [3.05, 3.63) is 35.4 Å². The zero-order valence-electron chi connectivity index (χ0n) is 15.7. The van der Waals surface area contributed by atoms with E-state index in [1.165, 1.54) is 4.90 Å². The second kappa shape index (κ2) is 8.53. The minimum absolute atomic E-state index is 0.0836. The van der Waals surface area contributed by atoms with E-state index < -0.39 is 29.2 Å². The molecule has 0 spiro atoms. The fourth-order valence-electron chi connectivity index (χ4n) is 2.09. The zero-order chi connectivity index (χ0) is 20.1. The summed E-state index contributed by atoms with van der Waals surface area (Å²) >= 11 is 0. The molecule has 0 fully saturated rings. The van der Waals surface area contributed by atoms with Gasteiger partial charge in [-0.25, -0.2) is 0 Å². The summed E-state index contributed by atoms with van der Waals surface area (Å²) in [5, 5.41) is 0. The minimum atomic E-state index is -4.47. The van der Waals surface area contributed by atoms with E-state index in [1.807, 2.05) is 19.0 Å². The Morgan fingerprint density at radius 3 is 1.96 bits per heavy atom. The van der Waals surface area contributed by atoms with Gasteiger partial charge in [-0.05, 0) is 59.1 Å². The van der Waals surface area contributed by atoms with Gasteiger partial charge in [-0.15, -0.1) is 0 Å². The molecule has 8 heteroatoms. The average molecular weight is 374 g/mol. The molecular weight excluding hydrogens is 349 g/mol. The van der Waals surface area contributed by atoms with Crippen LogP contribution in [0.2, 0.25) is 0 Å². The van der Waals surface area contributed by atoms with E-state index in [0.717, 1.165) is 24.3 Å². The monoisotopic (exact) mass is 374 g/mol. The SMILES string of the molecule is CN(C)CCN(CC(=O)OC(C)(C)C)C(=O)c1ccc(C(F)(F)F)cc1. The van der Waals surface area contributed by atoms with Crippen LogP contribution in [0.5, 0.6) is 0 Å². The van der Waals surface area contributed by atoms with Gasteiger partial charge in [0.25, 0.3) is 5.91 Å². The summed E-state index contributed by atoms with van der Waals surface area (Å²) in [7, 11) is 3.63. The van der Waals surface area contributed by atoms with Crippen LogP contribution >= 0.6 is 0 Å². The molecule has 0 radical (unpaired) electrons. The van der Waals surface area contributed by atoms with Gasteiger partial charge in [-0.1, -0.05) is 0 Å². The van der Waals surface area contributed by atoms with Crippen molar-refractivity contribution >= 4 is 11.9 Å². The van der Waals surface area contributed by atoms with E-state index >= 15 is 0 Å². The minimum Gasteiger partial charge on any atom is -0.459 e. The number of ether oxygens (including phenoxy) is 1. The molecule has 0 N–H and O–H groups in total. The molecule has 0 bridgehead atoms. The van der Waals surface area contributed by atoms with Gasteiger partial charge in [0.05, 0.1) is 5.56 Å². The van der Waals surface area contributed by atoms with Crippen LogP contribution in [-0.4, -0.2) is 61.0 Å². The maximum absolute atomic E-state index is 12.7. The Labute approximate surface area is 151 Å². The number of carbonyl (C=O) groups is 2. The molecule has 0 saturated carbocycles. The fraction of sp³-hybridized carbons (Fsp3) is 0.556. The van der Waals surface area contributed by atoms with Gasteiger partial charge in [-0.2, -0.15) is 13.2 Å². The lowest BCUT2D eigenvalue weighted by atomic mass is 10.1. The molecule has 1 amide bonds. The predicted octanol–water partition coefficient (Wildman–Crippen LogP) is 3.05. The van der Waals surface area contributed by atoms with Gasteiger partial charge >= 0.3 is 12.1 Å². The summed E-state index contributed by atoms with van der Waals surface area (Å²) in [5.41, 5.74) is -1.44. The number of likely N-dealkylation sites (N-methyl/N-ethyl adjacent to an activating group) is 1. The number of halogens is 3. The lowest BCUT2D eigenvalue weighted by molar-refractivity contribution is -0.155. The Bertz CT molecular complexity index is 620. The molecular formula is C18H25F3N2O3. The lowest BCUT2D eigenvalue weighted by Crippen LogP contribution is -2.42.